The highest BCUT2D eigenvalue weighted by Gasteiger charge is 2.50. The van der Waals surface area contributed by atoms with Crippen LogP contribution in [0.15, 0.2) is 0 Å². The minimum Gasteiger partial charge on any atom is -0.388 e. The van der Waals surface area contributed by atoms with Crippen LogP contribution in [0.5, 0.6) is 0 Å². The first kappa shape index (κ1) is 14.1. The number of ether oxygens (including phenoxy) is 4. The van der Waals surface area contributed by atoms with E-state index in [1.165, 1.54) is 0 Å². The number of hydrogen-bond acceptors (Lipinski definition) is 8. The van der Waals surface area contributed by atoms with Crippen LogP contribution in [-0.4, -0.2) is 83.8 Å². The number of aliphatic hydroxyl groups is 2. The van der Waals surface area contributed by atoms with Gasteiger partial charge in [0.15, 0.2) is 0 Å². The number of fused-ring (bicyclic) bond motifs is 2. The zero-order valence-electron chi connectivity index (χ0n) is 10.8. The van der Waals surface area contributed by atoms with Gasteiger partial charge in [0.2, 0.25) is 0 Å². The predicted octanol–water partition coefficient (Wildman–Crippen LogP) is -0.578. The minimum absolute atomic E-state index is 0.0179. The van der Waals surface area contributed by atoms with Crippen LogP contribution in [0.2, 0.25) is 0 Å². The van der Waals surface area contributed by atoms with E-state index in [1.54, 1.807) is 21.6 Å². The third kappa shape index (κ3) is 2.30. The summed E-state index contributed by atoms with van der Waals surface area (Å²) in [5, 5.41) is 19.9. The fourth-order valence-electron chi connectivity index (χ4n) is 3.20. The SMILES string of the molecule is O[C@@H]1COC2C1OC[C@@H]2SS[C@H]1COC2C1OC[C@H]2O. The molecule has 8 heteroatoms. The van der Waals surface area contributed by atoms with E-state index in [4.69, 9.17) is 18.9 Å². The summed E-state index contributed by atoms with van der Waals surface area (Å²) in [6, 6.07) is 0. The molecule has 4 unspecified atom stereocenters. The molecular weight excluding hydrogens is 304 g/mol. The van der Waals surface area contributed by atoms with Gasteiger partial charge < -0.3 is 29.2 Å². The van der Waals surface area contributed by atoms with E-state index in [2.05, 4.69) is 0 Å². The second kappa shape index (κ2) is 5.58. The Hall–Kier alpha value is 0.460. The number of hydrogen-bond donors (Lipinski definition) is 2. The first-order chi connectivity index (χ1) is 9.74. The van der Waals surface area contributed by atoms with Gasteiger partial charge in [0.1, 0.15) is 36.6 Å². The molecule has 0 spiro atoms. The van der Waals surface area contributed by atoms with Crippen LogP contribution < -0.4 is 0 Å². The Morgan fingerprint density at radius 2 is 1.00 bits per heavy atom. The Kier molecular flexibility index (Phi) is 3.93. The molecule has 0 aliphatic carbocycles. The zero-order valence-corrected chi connectivity index (χ0v) is 12.4. The molecule has 0 saturated carbocycles. The van der Waals surface area contributed by atoms with E-state index in [0.29, 0.717) is 26.4 Å². The highest BCUT2D eigenvalue weighted by atomic mass is 33.1. The van der Waals surface area contributed by atoms with Gasteiger partial charge in [-0.1, -0.05) is 21.6 Å². The maximum Gasteiger partial charge on any atom is 0.113 e. The summed E-state index contributed by atoms with van der Waals surface area (Å²) in [5.74, 6) is 0. The monoisotopic (exact) mass is 322 g/mol. The molecule has 6 nitrogen and oxygen atoms in total. The van der Waals surface area contributed by atoms with Gasteiger partial charge in [-0.25, -0.2) is 0 Å². The molecule has 4 aliphatic heterocycles. The highest BCUT2D eigenvalue weighted by molar-refractivity contribution is 8.77. The smallest absolute Gasteiger partial charge is 0.113 e. The standard InChI is InChI=1S/C12H18O6S2/c13-5-1-15-11-7(3-17-9(5)11)19-20-8-4-18-10-6(14)2-16-12(8)10/h5-14H,1-4H2/t5-,6-,7+,8+,9?,10?,11?,12?/m1/s1. The fraction of sp³-hybridized carbons (Fsp3) is 1.00. The third-order valence-electron chi connectivity index (χ3n) is 4.27. The highest BCUT2D eigenvalue weighted by Crippen LogP contribution is 2.45. The average molecular weight is 322 g/mol. The molecule has 4 heterocycles. The van der Waals surface area contributed by atoms with Gasteiger partial charge in [0.05, 0.1) is 36.9 Å². The van der Waals surface area contributed by atoms with Crippen LogP contribution in [0.3, 0.4) is 0 Å². The summed E-state index contributed by atoms with van der Waals surface area (Å²) < 4.78 is 22.4. The van der Waals surface area contributed by atoms with Crippen molar-refractivity contribution in [2.75, 3.05) is 26.4 Å². The van der Waals surface area contributed by atoms with Crippen molar-refractivity contribution in [3.63, 3.8) is 0 Å². The van der Waals surface area contributed by atoms with Crippen molar-refractivity contribution in [1.29, 1.82) is 0 Å². The molecule has 0 radical (unpaired) electrons. The summed E-state index contributed by atoms with van der Waals surface area (Å²) in [5.41, 5.74) is 0. The second-order valence-electron chi connectivity index (χ2n) is 5.60. The second-order valence-corrected chi connectivity index (χ2v) is 8.35. The Morgan fingerprint density at radius 1 is 0.600 bits per heavy atom. The molecule has 0 aromatic rings. The maximum absolute atomic E-state index is 9.72. The Balaban J connectivity index is 1.31. The lowest BCUT2D eigenvalue weighted by Gasteiger charge is -2.19. The van der Waals surface area contributed by atoms with Crippen LogP contribution in [0.1, 0.15) is 0 Å². The van der Waals surface area contributed by atoms with E-state index in [9.17, 15) is 10.2 Å². The zero-order chi connectivity index (χ0) is 13.7. The van der Waals surface area contributed by atoms with Crippen molar-refractivity contribution >= 4 is 21.6 Å². The lowest BCUT2D eigenvalue weighted by atomic mass is 10.1. The molecule has 2 N–H and O–H groups in total. The largest absolute Gasteiger partial charge is 0.388 e. The molecular formula is C12H18O6S2. The maximum atomic E-state index is 9.72. The normalized spacial score (nSPS) is 54.3. The molecule has 0 amide bonds. The van der Waals surface area contributed by atoms with Crippen molar-refractivity contribution in [1.82, 2.24) is 0 Å². The lowest BCUT2D eigenvalue weighted by molar-refractivity contribution is 0.0188. The Bertz CT molecular complexity index is 338. The first-order valence-electron chi connectivity index (χ1n) is 6.88. The van der Waals surface area contributed by atoms with E-state index < -0.39 is 12.2 Å². The van der Waals surface area contributed by atoms with Gasteiger partial charge in [0, 0.05) is 0 Å². The Morgan fingerprint density at radius 3 is 1.45 bits per heavy atom. The molecule has 4 saturated heterocycles. The molecule has 20 heavy (non-hydrogen) atoms. The van der Waals surface area contributed by atoms with Crippen molar-refractivity contribution in [3.8, 4) is 0 Å². The molecule has 4 aliphatic rings. The summed E-state index contributed by atoms with van der Waals surface area (Å²) in [6.45, 7) is 1.94. The summed E-state index contributed by atoms with van der Waals surface area (Å²) in [6.07, 6.45) is -1.38. The predicted molar refractivity (Wildman–Crippen MR) is 73.7 cm³/mol. The van der Waals surface area contributed by atoms with Gasteiger partial charge in [0.25, 0.3) is 0 Å². The van der Waals surface area contributed by atoms with Crippen molar-refractivity contribution < 1.29 is 29.2 Å². The van der Waals surface area contributed by atoms with E-state index in [-0.39, 0.29) is 34.9 Å². The lowest BCUT2D eigenvalue weighted by Crippen LogP contribution is -2.31. The fourth-order valence-corrected chi connectivity index (χ4v) is 6.28. The summed E-state index contributed by atoms with van der Waals surface area (Å²) in [7, 11) is 3.45. The first-order valence-corrected chi connectivity index (χ1v) is 9.16. The molecule has 0 aromatic carbocycles. The van der Waals surface area contributed by atoms with Gasteiger partial charge in [-0.3, -0.25) is 0 Å². The van der Waals surface area contributed by atoms with Crippen LogP contribution in [0, 0.1) is 0 Å². The van der Waals surface area contributed by atoms with Crippen LogP contribution >= 0.6 is 21.6 Å². The van der Waals surface area contributed by atoms with E-state index in [0.717, 1.165) is 0 Å². The van der Waals surface area contributed by atoms with E-state index >= 15 is 0 Å². The summed E-state index contributed by atoms with van der Waals surface area (Å²) >= 11 is 0. The molecule has 4 rings (SSSR count). The van der Waals surface area contributed by atoms with E-state index in [1.807, 2.05) is 0 Å². The van der Waals surface area contributed by atoms with Crippen LogP contribution in [0.25, 0.3) is 0 Å². The Labute approximate surface area is 124 Å². The summed E-state index contributed by atoms with van der Waals surface area (Å²) in [4.78, 5) is 0. The van der Waals surface area contributed by atoms with Gasteiger partial charge in [-0.05, 0) is 0 Å². The third-order valence-corrected chi connectivity index (χ3v) is 7.50. The minimum atomic E-state index is -0.497. The van der Waals surface area contributed by atoms with Gasteiger partial charge in [-0.2, -0.15) is 0 Å². The van der Waals surface area contributed by atoms with Crippen LogP contribution in [-0.2, 0) is 18.9 Å². The van der Waals surface area contributed by atoms with Gasteiger partial charge in [-0.15, -0.1) is 0 Å². The molecule has 0 bridgehead atoms. The molecule has 4 fully saturated rings. The van der Waals surface area contributed by atoms with Crippen molar-refractivity contribution in [3.05, 3.63) is 0 Å². The molecule has 114 valence electrons. The molecule has 8 atom stereocenters. The number of aliphatic hydroxyl groups excluding tert-OH is 2. The van der Waals surface area contributed by atoms with Gasteiger partial charge >= 0.3 is 0 Å². The van der Waals surface area contributed by atoms with Crippen LogP contribution in [0.4, 0.5) is 0 Å². The number of rotatable bonds is 3. The van der Waals surface area contributed by atoms with Crippen molar-refractivity contribution in [2.24, 2.45) is 0 Å². The quantitative estimate of drug-likeness (QED) is 0.669. The average Bonchev–Trinajstić information content (AvgIpc) is 3.15. The topological polar surface area (TPSA) is 77.4 Å². The molecule has 0 aromatic heterocycles. The van der Waals surface area contributed by atoms with Crippen molar-refractivity contribution in [2.45, 2.75) is 47.1 Å².